The van der Waals surface area contributed by atoms with Crippen LogP contribution in [0.2, 0.25) is 0 Å². The molecule has 0 aliphatic carbocycles. The molecule has 108 valence electrons. The average molecular weight is 354 g/mol. The van der Waals surface area contributed by atoms with Gasteiger partial charge in [-0.25, -0.2) is 0 Å². The van der Waals surface area contributed by atoms with Crippen LogP contribution >= 0.6 is 27.3 Å². The summed E-state index contributed by atoms with van der Waals surface area (Å²) in [6, 6.07) is 10.8. The summed E-state index contributed by atoms with van der Waals surface area (Å²) in [5, 5.41) is 3.56. The summed E-state index contributed by atoms with van der Waals surface area (Å²) >= 11 is 5.42. The summed E-state index contributed by atoms with van der Waals surface area (Å²) in [5.74, 6) is 0.922. The predicted molar refractivity (Wildman–Crippen MR) is 89.9 cm³/mol. The molecule has 0 bridgehead atoms. The summed E-state index contributed by atoms with van der Waals surface area (Å²) in [6.45, 7) is 5.24. The zero-order valence-corrected chi connectivity index (χ0v) is 14.5. The second-order valence-corrected chi connectivity index (χ2v) is 6.65. The summed E-state index contributed by atoms with van der Waals surface area (Å²) in [5.41, 5.74) is 1.17. The first-order valence-corrected chi connectivity index (χ1v) is 8.46. The Morgan fingerprint density at radius 3 is 2.65 bits per heavy atom. The van der Waals surface area contributed by atoms with Crippen molar-refractivity contribution in [1.29, 1.82) is 0 Å². The minimum absolute atomic E-state index is 0.178. The molecule has 1 unspecified atom stereocenters. The van der Waals surface area contributed by atoms with Gasteiger partial charge in [-0.1, -0.05) is 29.8 Å². The molecule has 0 aliphatic rings. The van der Waals surface area contributed by atoms with E-state index in [1.807, 2.05) is 23.5 Å². The number of methoxy groups -OCH3 is 1. The van der Waals surface area contributed by atoms with Crippen LogP contribution in [-0.4, -0.2) is 13.7 Å². The molecule has 0 radical (unpaired) electrons. The quantitative estimate of drug-likeness (QED) is 0.806. The molecule has 0 spiro atoms. The normalized spacial score (nSPS) is 12.4. The molecule has 0 saturated heterocycles. The van der Waals surface area contributed by atoms with Crippen LogP contribution in [0.25, 0.3) is 0 Å². The number of benzene rings is 1. The SMILES string of the molecule is CCNC(c1ccc(CC)s1)c1cc(Br)ccc1OC. The van der Waals surface area contributed by atoms with E-state index < -0.39 is 0 Å². The van der Waals surface area contributed by atoms with Crippen LogP contribution in [0.15, 0.2) is 34.8 Å². The van der Waals surface area contributed by atoms with Crippen molar-refractivity contribution in [3.8, 4) is 5.75 Å². The number of hydrogen-bond acceptors (Lipinski definition) is 3. The molecule has 2 nitrogen and oxygen atoms in total. The van der Waals surface area contributed by atoms with Crippen molar-refractivity contribution >= 4 is 27.3 Å². The molecule has 1 aromatic carbocycles. The Balaban J connectivity index is 2.44. The lowest BCUT2D eigenvalue weighted by Crippen LogP contribution is -2.21. The van der Waals surface area contributed by atoms with Crippen LogP contribution in [0, 0.1) is 0 Å². The Kier molecular flexibility index (Phi) is 5.64. The molecule has 0 amide bonds. The van der Waals surface area contributed by atoms with Gasteiger partial charge in [0.1, 0.15) is 5.75 Å². The molecule has 20 heavy (non-hydrogen) atoms. The monoisotopic (exact) mass is 353 g/mol. The van der Waals surface area contributed by atoms with E-state index in [2.05, 4.69) is 53.3 Å². The molecule has 0 aliphatic heterocycles. The molecular formula is C16H20BrNOS. The number of thiophene rings is 1. The molecular weight excluding hydrogens is 334 g/mol. The smallest absolute Gasteiger partial charge is 0.124 e. The fourth-order valence-corrected chi connectivity index (χ4v) is 3.66. The van der Waals surface area contributed by atoms with Crippen LogP contribution in [0.4, 0.5) is 0 Å². The third-order valence-electron chi connectivity index (χ3n) is 3.23. The van der Waals surface area contributed by atoms with Gasteiger partial charge in [0, 0.05) is 19.8 Å². The Hall–Kier alpha value is -0.840. The molecule has 0 fully saturated rings. The molecule has 2 aromatic rings. The Morgan fingerprint density at radius 1 is 1.25 bits per heavy atom. The molecule has 1 N–H and O–H groups in total. The first-order chi connectivity index (χ1) is 9.69. The van der Waals surface area contributed by atoms with Crippen LogP contribution < -0.4 is 10.1 Å². The minimum atomic E-state index is 0.178. The number of halogens is 1. The maximum Gasteiger partial charge on any atom is 0.124 e. The van der Waals surface area contributed by atoms with Crippen molar-refractivity contribution in [2.75, 3.05) is 13.7 Å². The molecule has 1 heterocycles. The average Bonchev–Trinajstić information content (AvgIpc) is 2.93. The van der Waals surface area contributed by atoms with Crippen LogP contribution in [0.5, 0.6) is 5.75 Å². The summed E-state index contributed by atoms with van der Waals surface area (Å²) in [7, 11) is 1.72. The summed E-state index contributed by atoms with van der Waals surface area (Å²) in [4.78, 5) is 2.75. The number of hydrogen-bond donors (Lipinski definition) is 1. The Labute approximate surface area is 133 Å². The van der Waals surface area contributed by atoms with E-state index in [0.29, 0.717) is 0 Å². The van der Waals surface area contributed by atoms with Crippen LogP contribution in [0.3, 0.4) is 0 Å². The van der Waals surface area contributed by atoms with Gasteiger partial charge >= 0.3 is 0 Å². The minimum Gasteiger partial charge on any atom is -0.496 e. The topological polar surface area (TPSA) is 21.3 Å². The van der Waals surface area contributed by atoms with Crippen LogP contribution in [0.1, 0.15) is 35.2 Å². The summed E-state index contributed by atoms with van der Waals surface area (Å²) < 4.78 is 6.60. The highest BCUT2D eigenvalue weighted by Crippen LogP contribution is 2.35. The van der Waals surface area contributed by atoms with E-state index in [4.69, 9.17) is 4.74 Å². The van der Waals surface area contributed by atoms with E-state index in [1.54, 1.807) is 7.11 Å². The number of rotatable bonds is 6. The van der Waals surface area contributed by atoms with E-state index in [0.717, 1.165) is 23.2 Å². The molecule has 1 atom stereocenters. The van der Waals surface area contributed by atoms with Gasteiger partial charge in [-0.05, 0) is 43.3 Å². The standard InChI is InChI=1S/C16H20BrNOS/c1-4-12-7-9-15(20-12)16(18-5-2)13-10-11(17)6-8-14(13)19-3/h6-10,16,18H,4-5H2,1-3H3. The zero-order chi connectivity index (χ0) is 14.5. The predicted octanol–water partition coefficient (Wildman–Crippen LogP) is 4.78. The third-order valence-corrected chi connectivity index (χ3v) is 5.01. The highest BCUT2D eigenvalue weighted by Gasteiger charge is 2.19. The molecule has 1 aromatic heterocycles. The van der Waals surface area contributed by atoms with Gasteiger partial charge in [0.15, 0.2) is 0 Å². The van der Waals surface area contributed by atoms with Crippen molar-refractivity contribution < 1.29 is 4.74 Å². The van der Waals surface area contributed by atoms with E-state index in [9.17, 15) is 0 Å². The largest absolute Gasteiger partial charge is 0.496 e. The van der Waals surface area contributed by atoms with Crippen molar-refractivity contribution in [3.05, 3.63) is 50.1 Å². The molecule has 2 rings (SSSR count). The first kappa shape index (κ1) is 15.5. The van der Waals surface area contributed by atoms with Gasteiger partial charge in [-0.15, -0.1) is 11.3 Å². The summed E-state index contributed by atoms with van der Waals surface area (Å²) in [6.07, 6.45) is 1.08. The third kappa shape index (κ3) is 3.43. The van der Waals surface area contributed by atoms with Crippen molar-refractivity contribution in [3.63, 3.8) is 0 Å². The van der Waals surface area contributed by atoms with E-state index >= 15 is 0 Å². The second kappa shape index (κ2) is 7.25. The Bertz CT molecular complexity index is 567. The van der Waals surface area contributed by atoms with Gasteiger partial charge in [0.05, 0.1) is 13.2 Å². The van der Waals surface area contributed by atoms with Crippen molar-refractivity contribution in [2.24, 2.45) is 0 Å². The lowest BCUT2D eigenvalue weighted by Gasteiger charge is -2.20. The number of aryl methyl sites for hydroxylation is 1. The van der Waals surface area contributed by atoms with E-state index in [-0.39, 0.29) is 6.04 Å². The zero-order valence-electron chi connectivity index (χ0n) is 12.1. The molecule has 0 saturated carbocycles. The lowest BCUT2D eigenvalue weighted by molar-refractivity contribution is 0.404. The molecule has 4 heteroatoms. The van der Waals surface area contributed by atoms with Gasteiger partial charge in [0.25, 0.3) is 0 Å². The van der Waals surface area contributed by atoms with Crippen molar-refractivity contribution in [1.82, 2.24) is 5.32 Å². The first-order valence-electron chi connectivity index (χ1n) is 6.85. The maximum atomic E-state index is 5.53. The Morgan fingerprint density at radius 2 is 2.05 bits per heavy atom. The van der Waals surface area contributed by atoms with Crippen LogP contribution in [-0.2, 0) is 6.42 Å². The van der Waals surface area contributed by atoms with E-state index in [1.165, 1.54) is 15.3 Å². The van der Waals surface area contributed by atoms with Gasteiger partial charge < -0.3 is 10.1 Å². The maximum absolute atomic E-state index is 5.53. The number of nitrogens with one attached hydrogen (secondary N) is 1. The van der Waals surface area contributed by atoms with Gasteiger partial charge in [-0.3, -0.25) is 0 Å². The lowest BCUT2D eigenvalue weighted by atomic mass is 10.0. The highest BCUT2D eigenvalue weighted by molar-refractivity contribution is 9.10. The second-order valence-electron chi connectivity index (χ2n) is 4.53. The fourth-order valence-electron chi connectivity index (χ4n) is 2.24. The van der Waals surface area contributed by atoms with Gasteiger partial charge in [0.2, 0.25) is 0 Å². The fraction of sp³-hybridized carbons (Fsp3) is 0.375. The van der Waals surface area contributed by atoms with Crippen molar-refractivity contribution in [2.45, 2.75) is 26.3 Å². The number of ether oxygens (including phenoxy) is 1. The van der Waals surface area contributed by atoms with Gasteiger partial charge in [-0.2, -0.15) is 0 Å². The highest BCUT2D eigenvalue weighted by atomic mass is 79.9.